The largest absolute Gasteiger partial charge is 0.362 e. The molecule has 0 saturated heterocycles. The van der Waals surface area contributed by atoms with Crippen molar-refractivity contribution in [3.8, 4) is 0 Å². The number of carbonyl (C=O) groups is 1. The van der Waals surface area contributed by atoms with E-state index in [0.717, 1.165) is 65.9 Å². The lowest BCUT2D eigenvalue weighted by molar-refractivity contribution is 0.0928. The van der Waals surface area contributed by atoms with E-state index in [4.69, 9.17) is 9.97 Å². The van der Waals surface area contributed by atoms with Crippen LogP contribution in [0.25, 0.3) is 10.1 Å². The summed E-state index contributed by atoms with van der Waals surface area (Å²) in [6.07, 6.45) is 8.51. The lowest BCUT2D eigenvalue weighted by Crippen LogP contribution is -2.40. The minimum absolute atomic E-state index is 0.0486. The summed E-state index contributed by atoms with van der Waals surface area (Å²) in [5.41, 5.74) is 3.32. The smallest absolute Gasteiger partial charge is 0.252 e. The van der Waals surface area contributed by atoms with Gasteiger partial charge in [-0.25, -0.2) is 4.98 Å². The molecule has 1 fully saturated rings. The van der Waals surface area contributed by atoms with E-state index in [-0.39, 0.29) is 11.9 Å². The number of aryl methyl sites for hydroxylation is 1. The molecule has 2 heterocycles. The highest BCUT2D eigenvalue weighted by molar-refractivity contribution is 7.17. The first kappa shape index (κ1) is 21.2. The van der Waals surface area contributed by atoms with E-state index in [9.17, 15) is 4.79 Å². The van der Waals surface area contributed by atoms with Gasteiger partial charge in [0.25, 0.3) is 5.91 Å². The summed E-state index contributed by atoms with van der Waals surface area (Å²) in [5, 5.41) is 9.88. The number of nitrogens with zero attached hydrogens (tertiary/aromatic N) is 3. The van der Waals surface area contributed by atoms with Crippen molar-refractivity contribution in [2.45, 2.75) is 63.5 Å². The van der Waals surface area contributed by atoms with Gasteiger partial charge in [0, 0.05) is 47.2 Å². The van der Waals surface area contributed by atoms with Crippen LogP contribution in [0.3, 0.4) is 0 Å². The molecule has 0 atom stereocenters. The first-order valence-electron chi connectivity index (χ1n) is 11.7. The standard InChI is InChI=1S/C25H31N5OS/c1-30(2)23-19-8-3-5-9-21(19)28-25(29-23)27-17-13-11-16(12-14-17)26-24(31)20-15-32-22-10-6-4-7-18(20)22/h4,6-7,10,15-17H,3,5,8-9,11-14H2,1-2H3,(H,26,31)(H,27,28,29). The van der Waals surface area contributed by atoms with Gasteiger partial charge in [-0.3, -0.25) is 4.79 Å². The number of hydrogen-bond donors (Lipinski definition) is 2. The van der Waals surface area contributed by atoms with E-state index in [2.05, 4.69) is 35.7 Å². The second kappa shape index (κ2) is 9.06. The molecule has 5 rings (SSSR count). The van der Waals surface area contributed by atoms with Crippen molar-refractivity contribution < 1.29 is 4.79 Å². The monoisotopic (exact) mass is 449 g/mol. The van der Waals surface area contributed by atoms with Crippen molar-refractivity contribution in [1.29, 1.82) is 0 Å². The topological polar surface area (TPSA) is 70.2 Å². The number of aromatic nitrogens is 2. The first-order valence-corrected chi connectivity index (χ1v) is 12.6. The molecule has 6 nitrogen and oxygen atoms in total. The summed E-state index contributed by atoms with van der Waals surface area (Å²) in [4.78, 5) is 24.7. The number of hydrogen-bond acceptors (Lipinski definition) is 6. The van der Waals surface area contributed by atoms with Crippen LogP contribution in [0.4, 0.5) is 11.8 Å². The normalized spacial score (nSPS) is 20.6. The minimum atomic E-state index is 0.0486. The van der Waals surface area contributed by atoms with Gasteiger partial charge < -0.3 is 15.5 Å². The van der Waals surface area contributed by atoms with E-state index in [1.165, 1.54) is 24.1 Å². The summed E-state index contributed by atoms with van der Waals surface area (Å²) in [7, 11) is 4.12. The molecule has 168 valence electrons. The molecule has 7 heteroatoms. The SMILES string of the molecule is CN(C)c1nc(NC2CCC(NC(=O)c3csc4ccccc34)CC2)nc2c1CCCC2. The van der Waals surface area contributed by atoms with Gasteiger partial charge in [0.05, 0.1) is 11.3 Å². The van der Waals surface area contributed by atoms with Gasteiger partial charge in [-0.2, -0.15) is 4.98 Å². The van der Waals surface area contributed by atoms with E-state index in [1.54, 1.807) is 11.3 Å². The Labute approximate surface area is 193 Å². The Kier molecular flexibility index (Phi) is 6.00. The molecule has 0 bridgehead atoms. The lowest BCUT2D eigenvalue weighted by atomic mass is 9.91. The molecular formula is C25H31N5OS. The number of nitrogens with one attached hydrogen (secondary N) is 2. The average molecular weight is 450 g/mol. The molecule has 1 amide bonds. The third-order valence-electron chi connectivity index (χ3n) is 6.71. The fourth-order valence-electron chi connectivity index (χ4n) is 4.99. The number of rotatable bonds is 5. The molecule has 1 saturated carbocycles. The summed E-state index contributed by atoms with van der Waals surface area (Å²) in [6, 6.07) is 8.68. The third kappa shape index (κ3) is 4.31. The van der Waals surface area contributed by atoms with Crippen LogP contribution >= 0.6 is 11.3 Å². The molecular weight excluding hydrogens is 418 g/mol. The van der Waals surface area contributed by atoms with Gasteiger partial charge in [0.1, 0.15) is 5.82 Å². The third-order valence-corrected chi connectivity index (χ3v) is 7.67. The van der Waals surface area contributed by atoms with Crippen LogP contribution in [-0.4, -0.2) is 42.1 Å². The molecule has 0 spiro atoms. The van der Waals surface area contributed by atoms with Gasteiger partial charge in [0.2, 0.25) is 5.95 Å². The molecule has 32 heavy (non-hydrogen) atoms. The molecule has 0 unspecified atom stereocenters. The van der Waals surface area contributed by atoms with Crippen LogP contribution < -0.4 is 15.5 Å². The number of amides is 1. The summed E-state index contributed by atoms with van der Waals surface area (Å²) >= 11 is 1.63. The van der Waals surface area contributed by atoms with E-state index < -0.39 is 0 Å². The van der Waals surface area contributed by atoms with Crippen LogP contribution in [0.2, 0.25) is 0 Å². The van der Waals surface area contributed by atoms with Gasteiger partial charge in [-0.1, -0.05) is 18.2 Å². The second-order valence-corrected chi connectivity index (χ2v) is 10.1. The zero-order valence-corrected chi connectivity index (χ0v) is 19.7. The summed E-state index contributed by atoms with van der Waals surface area (Å²) in [6.45, 7) is 0. The highest BCUT2D eigenvalue weighted by Crippen LogP contribution is 2.30. The Morgan fingerprint density at radius 3 is 2.59 bits per heavy atom. The van der Waals surface area contributed by atoms with Gasteiger partial charge in [-0.05, 0) is 57.4 Å². The van der Waals surface area contributed by atoms with Crippen LogP contribution in [-0.2, 0) is 12.8 Å². The maximum atomic E-state index is 12.9. The van der Waals surface area contributed by atoms with Crippen LogP contribution in [0.5, 0.6) is 0 Å². The quantitative estimate of drug-likeness (QED) is 0.586. The number of benzene rings is 1. The van der Waals surface area contributed by atoms with Crippen LogP contribution in [0, 0.1) is 0 Å². The summed E-state index contributed by atoms with van der Waals surface area (Å²) < 4.78 is 1.16. The van der Waals surface area contributed by atoms with E-state index in [1.807, 2.05) is 23.6 Å². The van der Waals surface area contributed by atoms with E-state index >= 15 is 0 Å². The fraction of sp³-hybridized carbons (Fsp3) is 0.480. The Bertz CT molecular complexity index is 1120. The Morgan fingerprint density at radius 2 is 1.78 bits per heavy atom. The molecule has 2 aliphatic rings. The first-order chi connectivity index (χ1) is 15.6. The highest BCUT2D eigenvalue weighted by atomic mass is 32.1. The van der Waals surface area contributed by atoms with Crippen molar-refractivity contribution in [2.75, 3.05) is 24.3 Å². The molecule has 0 aliphatic heterocycles. The van der Waals surface area contributed by atoms with Crippen LogP contribution in [0.15, 0.2) is 29.6 Å². The van der Waals surface area contributed by atoms with Crippen LogP contribution in [0.1, 0.15) is 60.1 Å². The van der Waals surface area contributed by atoms with Crippen molar-refractivity contribution in [3.05, 3.63) is 46.5 Å². The molecule has 2 N–H and O–H groups in total. The molecule has 2 aliphatic carbocycles. The van der Waals surface area contributed by atoms with Crippen molar-refractivity contribution in [3.63, 3.8) is 0 Å². The van der Waals surface area contributed by atoms with Gasteiger partial charge in [0.15, 0.2) is 0 Å². The maximum Gasteiger partial charge on any atom is 0.252 e. The van der Waals surface area contributed by atoms with Gasteiger partial charge >= 0.3 is 0 Å². The second-order valence-electron chi connectivity index (χ2n) is 9.21. The van der Waals surface area contributed by atoms with Crippen molar-refractivity contribution >= 4 is 39.1 Å². The molecule has 1 aromatic carbocycles. The number of fused-ring (bicyclic) bond motifs is 2. The average Bonchev–Trinajstić information content (AvgIpc) is 3.24. The fourth-order valence-corrected chi connectivity index (χ4v) is 5.93. The van der Waals surface area contributed by atoms with E-state index in [0.29, 0.717) is 6.04 Å². The number of carbonyl (C=O) groups excluding carboxylic acids is 1. The molecule has 2 aromatic heterocycles. The summed E-state index contributed by atoms with van der Waals surface area (Å²) in [5.74, 6) is 1.86. The zero-order chi connectivity index (χ0) is 22.1. The minimum Gasteiger partial charge on any atom is -0.362 e. The predicted octanol–water partition coefficient (Wildman–Crippen LogP) is 4.79. The van der Waals surface area contributed by atoms with Gasteiger partial charge in [-0.15, -0.1) is 11.3 Å². The predicted molar refractivity (Wildman–Crippen MR) is 132 cm³/mol. The van der Waals surface area contributed by atoms with Crippen molar-refractivity contribution in [2.24, 2.45) is 0 Å². The highest BCUT2D eigenvalue weighted by Gasteiger charge is 2.25. The molecule has 0 radical (unpaired) electrons. The zero-order valence-electron chi connectivity index (χ0n) is 18.9. The lowest BCUT2D eigenvalue weighted by Gasteiger charge is -2.30. The maximum absolute atomic E-state index is 12.9. The Balaban J connectivity index is 1.20. The Hall–Kier alpha value is -2.67. The Morgan fingerprint density at radius 1 is 1.03 bits per heavy atom. The number of thiophene rings is 1. The number of anilines is 2. The van der Waals surface area contributed by atoms with Crippen molar-refractivity contribution in [1.82, 2.24) is 15.3 Å². The molecule has 3 aromatic rings.